The van der Waals surface area contributed by atoms with Gasteiger partial charge in [0.05, 0.1) is 0 Å². The van der Waals surface area contributed by atoms with Gasteiger partial charge in [0.2, 0.25) is 5.16 Å². The Morgan fingerprint density at radius 2 is 1.72 bits per heavy atom. The number of rotatable bonds is 7. The van der Waals surface area contributed by atoms with Crippen LogP contribution in [0.15, 0.2) is 59.8 Å². The molecule has 0 aliphatic rings. The number of carbonyl (C=O) groups excluding carboxylic acids is 1. The lowest BCUT2D eigenvalue weighted by Crippen LogP contribution is -2.38. The van der Waals surface area contributed by atoms with Gasteiger partial charge in [0, 0.05) is 17.7 Å². The first-order valence-corrected chi connectivity index (χ1v) is 10.8. The maximum Gasteiger partial charge on any atom is 0.257 e. The molecule has 8 heteroatoms. The van der Waals surface area contributed by atoms with Gasteiger partial charge in [-0.3, -0.25) is 15.5 Å². The van der Waals surface area contributed by atoms with Crippen LogP contribution in [0.2, 0.25) is 0 Å². The first-order valence-electron chi connectivity index (χ1n) is 9.43. The van der Waals surface area contributed by atoms with Crippen LogP contribution in [0.5, 0.6) is 0 Å². The minimum Gasteiger partial charge on any atom is -0.298 e. The number of thioether (sulfide) groups is 1. The Morgan fingerprint density at radius 3 is 2.38 bits per heavy atom. The van der Waals surface area contributed by atoms with E-state index in [1.165, 1.54) is 11.1 Å². The molecule has 0 radical (unpaired) electrons. The Bertz CT molecular complexity index is 970. The molecule has 0 saturated heterocycles. The van der Waals surface area contributed by atoms with Crippen molar-refractivity contribution in [3.8, 4) is 0 Å². The molecule has 3 aromatic rings. The maximum atomic E-state index is 12.4. The van der Waals surface area contributed by atoms with Crippen LogP contribution >= 0.6 is 24.0 Å². The molecule has 0 fully saturated rings. The van der Waals surface area contributed by atoms with Gasteiger partial charge >= 0.3 is 0 Å². The van der Waals surface area contributed by atoms with Gasteiger partial charge in [-0.25, -0.2) is 4.68 Å². The van der Waals surface area contributed by atoms with Gasteiger partial charge in [-0.05, 0) is 41.9 Å². The summed E-state index contributed by atoms with van der Waals surface area (Å²) in [6, 6.07) is 17.6. The summed E-state index contributed by atoms with van der Waals surface area (Å²) in [7, 11) is 0. The topological polar surface area (TPSA) is 71.8 Å². The van der Waals surface area contributed by atoms with Gasteiger partial charge in [-0.15, -0.1) is 10.2 Å². The van der Waals surface area contributed by atoms with Crippen molar-refractivity contribution in [2.45, 2.75) is 37.6 Å². The zero-order chi connectivity index (χ0) is 20.6. The van der Waals surface area contributed by atoms with Crippen molar-refractivity contribution in [2.24, 2.45) is 0 Å². The Morgan fingerprint density at radius 1 is 1.00 bits per heavy atom. The average molecular weight is 426 g/mol. The van der Waals surface area contributed by atoms with Gasteiger partial charge < -0.3 is 0 Å². The number of thiocarbonyl (C=S) groups is 1. The van der Waals surface area contributed by atoms with Gasteiger partial charge in [0.25, 0.3) is 5.91 Å². The quantitative estimate of drug-likeness (QED) is 0.441. The third-order valence-electron chi connectivity index (χ3n) is 4.29. The van der Waals surface area contributed by atoms with E-state index < -0.39 is 0 Å². The highest BCUT2D eigenvalue weighted by molar-refractivity contribution is 7.98. The molecule has 0 spiro atoms. The van der Waals surface area contributed by atoms with E-state index in [0.717, 1.165) is 18.0 Å². The van der Waals surface area contributed by atoms with Crippen molar-refractivity contribution in [3.63, 3.8) is 0 Å². The standard InChI is InChI=1S/C21H23N5OS2/c1-3-15-10-12-17(13-11-15)19(27)22-20(28)25-26-18(4-2)23-24-21(26)29-14-16-8-6-5-7-9-16/h5-13H,3-4,14H2,1-2H3,(H2,22,25,27,28). The van der Waals surface area contributed by atoms with Crippen molar-refractivity contribution < 1.29 is 4.79 Å². The Hall–Kier alpha value is -2.71. The lowest BCUT2D eigenvalue weighted by atomic mass is 10.1. The molecule has 0 aliphatic heterocycles. The van der Waals surface area contributed by atoms with Crippen molar-refractivity contribution in [1.82, 2.24) is 20.2 Å². The van der Waals surface area contributed by atoms with Crippen molar-refractivity contribution >= 4 is 35.0 Å². The summed E-state index contributed by atoms with van der Waals surface area (Å²) in [5.41, 5.74) is 5.97. The molecule has 1 aromatic heterocycles. The van der Waals surface area contributed by atoms with Crippen LogP contribution in [-0.4, -0.2) is 25.9 Å². The average Bonchev–Trinajstić information content (AvgIpc) is 3.14. The number of nitrogens with zero attached hydrogens (tertiary/aromatic N) is 3. The number of hydrogen-bond acceptors (Lipinski definition) is 5. The lowest BCUT2D eigenvalue weighted by molar-refractivity contribution is 0.0977. The number of benzene rings is 2. The van der Waals surface area contributed by atoms with E-state index >= 15 is 0 Å². The normalized spacial score (nSPS) is 10.6. The van der Waals surface area contributed by atoms with Crippen LogP contribution in [0.3, 0.4) is 0 Å². The summed E-state index contributed by atoms with van der Waals surface area (Å²) >= 11 is 6.90. The first kappa shape index (κ1) is 21.0. The minimum absolute atomic E-state index is 0.200. The molecule has 1 heterocycles. The van der Waals surface area contributed by atoms with Gasteiger partial charge in [0.15, 0.2) is 10.9 Å². The largest absolute Gasteiger partial charge is 0.298 e. The second kappa shape index (κ2) is 10.2. The second-order valence-electron chi connectivity index (χ2n) is 6.31. The molecule has 0 unspecified atom stereocenters. The van der Waals surface area contributed by atoms with E-state index in [-0.39, 0.29) is 11.0 Å². The van der Waals surface area contributed by atoms with Gasteiger partial charge in [-0.2, -0.15) is 0 Å². The Balaban J connectivity index is 1.65. The number of hydrogen-bond donors (Lipinski definition) is 2. The third-order valence-corrected chi connectivity index (χ3v) is 5.49. The van der Waals surface area contributed by atoms with Crippen LogP contribution in [0, 0.1) is 0 Å². The number of aryl methyl sites for hydroxylation is 2. The van der Waals surface area contributed by atoms with Gasteiger partial charge in [0.1, 0.15) is 0 Å². The number of nitrogens with one attached hydrogen (secondary N) is 2. The highest BCUT2D eigenvalue weighted by Crippen LogP contribution is 2.21. The molecule has 0 atom stereocenters. The molecule has 0 aliphatic carbocycles. The smallest absolute Gasteiger partial charge is 0.257 e. The minimum atomic E-state index is -0.255. The van der Waals surface area contributed by atoms with E-state index in [9.17, 15) is 4.79 Å². The van der Waals surface area contributed by atoms with Gasteiger partial charge in [-0.1, -0.05) is 68.1 Å². The third kappa shape index (κ3) is 5.65. The molecule has 1 amide bonds. The zero-order valence-corrected chi connectivity index (χ0v) is 18.0. The summed E-state index contributed by atoms with van der Waals surface area (Å²) in [4.78, 5) is 12.4. The van der Waals surface area contributed by atoms with Crippen molar-refractivity contribution in [1.29, 1.82) is 0 Å². The molecule has 150 valence electrons. The molecule has 0 saturated carbocycles. The fraction of sp³-hybridized carbons (Fsp3) is 0.238. The van der Waals surface area contributed by atoms with E-state index in [1.54, 1.807) is 28.6 Å². The summed E-state index contributed by atoms with van der Waals surface area (Å²) in [6.45, 7) is 4.07. The summed E-state index contributed by atoms with van der Waals surface area (Å²) in [5, 5.41) is 12.1. The molecule has 29 heavy (non-hydrogen) atoms. The molecular formula is C21H23N5OS2. The van der Waals surface area contributed by atoms with Crippen LogP contribution in [0.25, 0.3) is 0 Å². The first-order chi connectivity index (χ1) is 14.1. The van der Waals surface area contributed by atoms with Crippen molar-refractivity contribution in [2.75, 3.05) is 5.43 Å². The monoisotopic (exact) mass is 425 g/mol. The van der Waals surface area contributed by atoms with E-state index in [1.807, 2.05) is 37.3 Å². The summed E-state index contributed by atoms with van der Waals surface area (Å²) in [6.07, 6.45) is 1.61. The highest BCUT2D eigenvalue weighted by Gasteiger charge is 2.14. The number of amides is 1. The molecule has 3 rings (SSSR count). The fourth-order valence-corrected chi connectivity index (χ4v) is 3.70. The molecule has 2 N–H and O–H groups in total. The maximum absolute atomic E-state index is 12.4. The van der Waals surface area contributed by atoms with Crippen LogP contribution < -0.4 is 10.7 Å². The Labute approximate surface area is 180 Å². The lowest BCUT2D eigenvalue weighted by Gasteiger charge is -2.14. The molecular weight excluding hydrogens is 402 g/mol. The van der Waals surface area contributed by atoms with Crippen LogP contribution in [-0.2, 0) is 18.6 Å². The van der Waals surface area contributed by atoms with Crippen LogP contribution in [0.1, 0.15) is 41.2 Å². The number of aromatic nitrogens is 3. The summed E-state index contributed by atoms with van der Waals surface area (Å²) < 4.78 is 1.73. The zero-order valence-electron chi connectivity index (χ0n) is 16.4. The Kier molecular flexibility index (Phi) is 7.37. The molecule has 0 bridgehead atoms. The van der Waals surface area contributed by atoms with Crippen LogP contribution in [0.4, 0.5) is 0 Å². The van der Waals surface area contributed by atoms with Crippen molar-refractivity contribution in [3.05, 3.63) is 77.1 Å². The van der Waals surface area contributed by atoms with E-state index in [0.29, 0.717) is 17.1 Å². The second-order valence-corrected chi connectivity index (χ2v) is 7.66. The molecule has 6 nitrogen and oxygen atoms in total. The fourth-order valence-electron chi connectivity index (χ4n) is 2.65. The predicted molar refractivity (Wildman–Crippen MR) is 121 cm³/mol. The summed E-state index contributed by atoms with van der Waals surface area (Å²) in [5.74, 6) is 1.24. The number of carbonyl (C=O) groups is 1. The van der Waals surface area contributed by atoms with E-state index in [4.69, 9.17) is 12.2 Å². The SMILES string of the molecule is CCc1ccc(C(=O)NC(=S)Nn2c(CC)nnc2SCc2ccccc2)cc1. The molecule has 2 aromatic carbocycles. The highest BCUT2D eigenvalue weighted by atomic mass is 32.2. The predicted octanol–water partition coefficient (Wildman–Crippen LogP) is 3.95. The van der Waals surface area contributed by atoms with E-state index in [2.05, 4.69) is 40.0 Å².